The highest BCUT2D eigenvalue weighted by Crippen LogP contribution is 2.36. The van der Waals surface area contributed by atoms with Crippen LogP contribution in [0.2, 0.25) is 0 Å². The normalized spacial score (nSPS) is 13.6. The zero-order valence-corrected chi connectivity index (χ0v) is 31.3. The molecule has 0 saturated heterocycles. The van der Waals surface area contributed by atoms with E-state index in [1.807, 2.05) is 12.2 Å². The molecule has 0 spiro atoms. The van der Waals surface area contributed by atoms with Gasteiger partial charge in [0.2, 0.25) is 0 Å². The minimum absolute atomic E-state index is 0.0115. The first-order valence-corrected chi connectivity index (χ1v) is 20.3. The Bertz CT molecular complexity index is 910. The predicted octanol–water partition coefficient (Wildman–Crippen LogP) is 9.84. The topological polar surface area (TPSA) is 140 Å². The van der Waals surface area contributed by atoms with Crippen LogP contribution >= 0.6 is 7.82 Å². The molecule has 9 nitrogen and oxygen atoms in total. The smallest absolute Gasteiger partial charge is 0.462 e. The molecule has 0 radical (unpaired) electrons. The molecular weight excluding hydrogens is 631 g/mol. The summed E-state index contributed by atoms with van der Waals surface area (Å²) in [5.74, 6) is -0.306. The van der Waals surface area contributed by atoms with Crippen LogP contribution in [0.1, 0.15) is 162 Å². The second-order valence-corrected chi connectivity index (χ2v) is 14.5. The number of hydrogen-bond acceptors (Lipinski definition) is 7. The van der Waals surface area contributed by atoms with E-state index >= 15 is 0 Å². The quantitative estimate of drug-likeness (QED) is 0.0201. The molecule has 0 bridgehead atoms. The number of hydrogen-bond donors (Lipinski definition) is 3. The number of aliphatic hydroxyl groups excluding tert-OH is 1. The van der Waals surface area contributed by atoms with Gasteiger partial charge in [-0.2, -0.15) is 0 Å². The number of esters is 2. The van der Waals surface area contributed by atoms with E-state index in [4.69, 9.17) is 19.3 Å². The van der Waals surface area contributed by atoms with Gasteiger partial charge in [-0.15, -0.1) is 0 Å². The zero-order valence-electron chi connectivity index (χ0n) is 30.4. The number of phosphoric acid groups is 1. The monoisotopic (exact) mass is 700 g/mol. The Kier molecular flexibility index (Phi) is 31.2. The van der Waals surface area contributed by atoms with Crippen LogP contribution in [0.5, 0.6) is 0 Å². The van der Waals surface area contributed by atoms with Crippen molar-refractivity contribution in [2.75, 3.05) is 13.2 Å². The summed E-state index contributed by atoms with van der Waals surface area (Å²) < 4.78 is 26.2. The van der Waals surface area contributed by atoms with Gasteiger partial charge in [0, 0.05) is 12.8 Å². The number of phosphoric ester groups is 1. The molecule has 1 unspecified atom stereocenters. The minimum atomic E-state index is -4.80. The molecule has 0 rings (SSSR count). The summed E-state index contributed by atoms with van der Waals surface area (Å²) in [6.45, 7) is 5.79. The molecule has 280 valence electrons. The molecular formula is C38H69O9P. The lowest BCUT2D eigenvalue weighted by atomic mass is 10.0. The largest absolute Gasteiger partial charge is 0.469 e. The van der Waals surface area contributed by atoms with Gasteiger partial charge in [-0.3, -0.25) is 14.1 Å². The molecule has 0 aromatic carbocycles. The highest BCUT2D eigenvalue weighted by molar-refractivity contribution is 7.46. The van der Waals surface area contributed by atoms with E-state index in [1.54, 1.807) is 12.2 Å². The molecule has 0 aliphatic heterocycles. The van der Waals surface area contributed by atoms with Crippen LogP contribution in [0.4, 0.5) is 0 Å². The van der Waals surface area contributed by atoms with Crippen LogP contribution in [-0.4, -0.2) is 52.3 Å². The number of carbonyl (C=O) groups excluding carboxylic acids is 2. The maximum atomic E-state index is 12.4. The molecule has 0 amide bonds. The first-order valence-electron chi connectivity index (χ1n) is 18.7. The summed E-state index contributed by atoms with van der Waals surface area (Å²) in [7, 11) is -4.80. The van der Waals surface area contributed by atoms with Gasteiger partial charge in [0.15, 0.2) is 6.10 Å². The maximum Gasteiger partial charge on any atom is 0.469 e. The van der Waals surface area contributed by atoms with E-state index < -0.39 is 38.6 Å². The molecule has 0 heterocycles. The third-order valence-electron chi connectivity index (χ3n) is 7.94. The van der Waals surface area contributed by atoms with Crippen LogP contribution < -0.4 is 0 Å². The fourth-order valence-corrected chi connectivity index (χ4v) is 5.46. The molecule has 0 aromatic heterocycles. The Morgan fingerprint density at radius 3 is 1.94 bits per heavy atom. The number of allylic oxidation sites excluding steroid dienone is 5. The summed E-state index contributed by atoms with van der Waals surface area (Å²) in [5.41, 5.74) is 0. The van der Waals surface area contributed by atoms with Crippen LogP contribution in [0.3, 0.4) is 0 Å². The van der Waals surface area contributed by atoms with Crippen molar-refractivity contribution in [3.8, 4) is 0 Å². The van der Waals surface area contributed by atoms with Gasteiger partial charge in [0.25, 0.3) is 0 Å². The molecule has 3 N–H and O–H groups in total. The van der Waals surface area contributed by atoms with Crippen LogP contribution in [0.25, 0.3) is 0 Å². The van der Waals surface area contributed by atoms with E-state index in [0.717, 1.165) is 38.0 Å². The van der Waals surface area contributed by atoms with Gasteiger partial charge in [-0.25, -0.2) is 4.57 Å². The highest BCUT2D eigenvalue weighted by atomic mass is 31.2. The average molecular weight is 701 g/mol. The zero-order chi connectivity index (χ0) is 35.7. The first kappa shape index (κ1) is 46.2. The summed E-state index contributed by atoms with van der Waals surface area (Å²) in [6.07, 6.45) is 32.0. The number of carbonyl (C=O) groups is 2. The fourth-order valence-electron chi connectivity index (χ4n) is 5.10. The third kappa shape index (κ3) is 35.5. The Morgan fingerprint density at radius 1 is 0.688 bits per heavy atom. The first-order chi connectivity index (χ1) is 23.0. The van der Waals surface area contributed by atoms with E-state index in [-0.39, 0.29) is 19.4 Å². The molecule has 0 aliphatic carbocycles. The van der Waals surface area contributed by atoms with Crippen molar-refractivity contribution in [2.24, 2.45) is 5.92 Å². The van der Waals surface area contributed by atoms with Gasteiger partial charge < -0.3 is 24.4 Å². The lowest BCUT2D eigenvalue weighted by molar-refractivity contribution is -0.161. The summed E-state index contributed by atoms with van der Waals surface area (Å²) in [4.78, 5) is 42.7. The number of unbranched alkanes of at least 4 members (excludes halogenated alkanes) is 14. The number of rotatable bonds is 33. The molecule has 48 heavy (non-hydrogen) atoms. The van der Waals surface area contributed by atoms with Crippen LogP contribution in [0.15, 0.2) is 36.5 Å². The number of aliphatic hydroxyl groups is 1. The second-order valence-electron chi connectivity index (χ2n) is 13.2. The van der Waals surface area contributed by atoms with Crippen LogP contribution in [0, 0.1) is 5.92 Å². The van der Waals surface area contributed by atoms with Crippen molar-refractivity contribution < 1.29 is 43.0 Å². The van der Waals surface area contributed by atoms with E-state index in [0.29, 0.717) is 19.3 Å². The van der Waals surface area contributed by atoms with E-state index in [2.05, 4.69) is 37.4 Å². The molecule has 0 aliphatic rings. The van der Waals surface area contributed by atoms with Gasteiger partial charge in [-0.1, -0.05) is 147 Å². The van der Waals surface area contributed by atoms with Crippen molar-refractivity contribution in [1.29, 1.82) is 0 Å². The van der Waals surface area contributed by atoms with Crippen molar-refractivity contribution >= 4 is 19.8 Å². The molecule has 10 heteroatoms. The van der Waals surface area contributed by atoms with Crippen molar-refractivity contribution in [3.63, 3.8) is 0 Å². The Balaban J connectivity index is 4.19. The Morgan fingerprint density at radius 2 is 1.29 bits per heavy atom. The van der Waals surface area contributed by atoms with Crippen molar-refractivity contribution in [1.82, 2.24) is 0 Å². The van der Waals surface area contributed by atoms with Gasteiger partial charge in [0.1, 0.15) is 6.61 Å². The summed E-state index contributed by atoms with van der Waals surface area (Å²) in [6, 6.07) is 0. The lowest BCUT2D eigenvalue weighted by Crippen LogP contribution is -2.29. The maximum absolute atomic E-state index is 12.4. The van der Waals surface area contributed by atoms with Gasteiger partial charge in [-0.05, 0) is 44.4 Å². The van der Waals surface area contributed by atoms with E-state index in [9.17, 15) is 19.3 Å². The Labute approximate surface area is 292 Å². The SMILES string of the molecule is CCCCCCCC/C=C/C/C=C/C=C/C(O)CCCC(=O)O[C@H](COC(=O)CCCCCCCCCCCC(C)C)COP(=O)(O)O. The summed E-state index contributed by atoms with van der Waals surface area (Å²) in [5, 5.41) is 10.2. The standard InChI is InChI=1S/C38H69O9P/c1-4-5-6-7-8-9-10-11-12-15-18-21-24-28-35(39)29-26-31-38(41)47-36(33-46-48(42,43)44)32-45-37(40)30-25-22-19-16-13-14-17-20-23-27-34(2)3/h11-12,18,21,24,28,34-36,39H,4-10,13-17,19-20,22-23,25-27,29-33H2,1-3H3,(H2,42,43,44)/b12-11+,21-18+,28-24+/t35?,36-/m1/s1. The van der Waals surface area contributed by atoms with E-state index in [1.165, 1.54) is 77.0 Å². The third-order valence-corrected chi connectivity index (χ3v) is 8.43. The number of ether oxygens (including phenoxy) is 2. The Hall–Kier alpha value is -1.77. The minimum Gasteiger partial charge on any atom is -0.462 e. The van der Waals surface area contributed by atoms with Crippen LogP contribution in [-0.2, 0) is 28.2 Å². The second kappa shape index (κ2) is 32.4. The lowest BCUT2D eigenvalue weighted by Gasteiger charge is -2.18. The van der Waals surface area contributed by atoms with Crippen molar-refractivity contribution in [2.45, 2.75) is 174 Å². The molecule has 0 fully saturated rings. The molecule has 0 aromatic rings. The van der Waals surface area contributed by atoms with Gasteiger partial charge >= 0.3 is 19.8 Å². The average Bonchev–Trinajstić information content (AvgIpc) is 3.02. The highest BCUT2D eigenvalue weighted by Gasteiger charge is 2.23. The van der Waals surface area contributed by atoms with Gasteiger partial charge in [0.05, 0.1) is 12.7 Å². The molecule has 2 atom stereocenters. The fraction of sp³-hybridized carbons (Fsp3) is 0.789. The summed E-state index contributed by atoms with van der Waals surface area (Å²) >= 11 is 0. The molecule has 0 saturated carbocycles. The van der Waals surface area contributed by atoms with Crippen molar-refractivity contribution in [3.05, 3.63) is 36.5 Å². The predicted molar refractivity (Wildman–Crippen MR) is 194 cm³/mol.